The number of hydrogen-bond acceptors (Lipinski definition) is 6. The Morgan fingerprint density at radius 2 is 1.89 bits per heavy atom. The maximum Gasteiger partial charge on any atom is 0.304 e. The zero-order chi connectivity index (χ0) is 14.2. The van der Waals surface area contributed by atoms with Crippen LogP contribution in [0.2, 0.25) is 0 Å². The maximum absolute atomic E-state index is 10.5. The van der Waals surface area contributed by atoms with Crippen LogP contribution in [0.3, 0.4) is 0 Å². The Kier molecular flexibility index (Phi) is 7.98. The van der Waals surface area contributed by atoms with Crippen LogP contribution in [0, 0.1) is 11.3 Å². The molecule has 0 aliphatic heterocycles. The lowest BCUT2D eigenvalue weighted by atomic mass is 10.1. The van der Waals surface area contributed by atoms with Gasteiger partial charge < -0.3 is 10.2 Å². The van der Waals surface area contributed by atoms with Crippen molar-refractivity contribution in [3.05, 3.63) is 0 Å². The molecule has 8 heteroatoms. The molecule has 1 atom stereocenters. The monoisotopic (exact) mass is 307 g/mol. The SMILES string of the molecule is CC(C#N)(CCC(=O)O)SC(=S)SCCC(=O)O. The highest BCUT2D eigenvalue weighted by molar-refractivity contribution is 8.47. The van der Waals surface area contributed by atoms with Gasteiger partial charge in [-0.15, -0.1) is 11.8 Å². The maximum atomic E-state index is 10.5. The van der Waals surface area contributed by atoms with Crippen molar-refractivity contribution in [2.75, 3.05) is 5.75 Å². The summed E-state index contributed by atoms with van der Waals surface area (Å²) in [6.07, 6.45) is 0.104. The van der Waals surface area contributed by atoms with Crippen LogP contribution >= 0.6 is 35.7 Å². The van der Waals surface area contributed by atoms with E-state index in [1.165, 1.54) is 11.8 Å². The lowest BCUT2D eigenvalue weighted by Crippen LogP contribution is -2.20. The summed E-state index contributed by atoms with van der Waals surface area (Å²) in [6, 6.07) is 2.05. The zero-order valence-corrected chi connectivity index (χ0v) is 12.2. The lowest BCUT2D eigenvalue weighted by molar-refractivity contribution is -0.137. The first-order valence-corrected chi connectivity index (χ1v) is 7.21. The molecule has 0 rings (SSSR count). The molecule has 0 saturated heterocycles. The molecule has 2 N–H and O–H groups in total. The third kappa shape index (κ3) is 8.33. The first-order valence-electron chi connectivity index (χ1n) is 4.99. The minimum atomic E-state index is -0.957. The van der Waals surface area contributed by atoms with Crippen molar-refractivity contribution in [1.82, 2.24) is 0 Å². The molecule has 0 aromatic carbocycles. The molecule has 5 nitrogen and oxygen atoms in total. The van der Waals surface area contributed by atoms with E-state index >= 15 is 0 Å². The van der Waals surface area contributed by atoms with Crippen LogP contribution < -0.4 is 0 Å². The Morgan fingerprint density at radius 3 is 2.33 bits per heavy atom. The number of aliphatic carboxylic acids is 2. The van der Waals surface area contributed by atoms with Crippen molar-refractivity contribution >= 4 is 51.2 Å². The third-order valence-electron chi connectivity index (χ3n) is 1.90. The summed E-state index contributed by atoms with van der Waals surface area (Å²) in [7, 11) is 0. The van der Waals surface area contributed by atoms with E-state index in [1.54, 1.807) is 6.92 Å². The summed E-state index contributed by atoms with van der Waals surface area (Å²) in [5.41, 5.74) is 0. The van der Waals surface area contributed by atoms with Gasteiger partial charge in [0.2, 0.25) is 0 Å². The van der Waals surface area contributed by atoms with Gasteiger partial charge in [-0.2, -0.15) is 5.26 Å². The minimum Gasteiger partial charge on any atom is -0.481 e. The van der Waals surface area contributed by atoms with E-state index in [9.17, 15) is 9.59 Å². The van der Waals surface area contributed by atoms with Crippen LogP contribution in [0.5, 0.6) is 0 Å². The first kappa shape index (κ1) is 17.2. The van der Waals surface area contributed by atoms with E-state index in [2.05, 4.69) is 0 Å². The summed E-state index contributed by atoms with van der Waals surface area (Å²) in [4.78, 5) is 20.8. The molecule has 0 radical (unpaired) electrons. The fourth-order valence-electron chi connectivity index (χ4n) is 0.910. The van der Waals surface area contributed by atoms with E-state index in [0.29, 0.717) is 9.28 Å². The summed E-state index contributed by atoms with van der Waals surface area (Å²) < 4.78 is -0.420. The highest BCUT2D eigenvalue weighted by Crippen LogP contribution is 2.34. The van der Waals surface area contributed by atoms with E-state index in [4.69, 9.17) is 27.7 Å². The van der Waals surface area contributed by atoms with E-state index in [0.717, 1.165) is 11.8 Å². The molecule has 0 aliphatic rings. The molecule has 0 saturated carbocycles. The molecular weight excluding hydrogens is 294 g/mol. The quantitative estimate of drug-likeness (QED) is 0.692. The fraction of sp³-hybridized carbons (Fsp3) is 0.600. The Balaban J connectivity index is 4.18. The standard InChI is InChI=1S/C10H13NO4S3/c1-10(6-11,4-2-7(12)13)18-9(16)17-5-3-8(14)15/h2-5H2,1H3,(H,12,13)(H,14,15). The van der Waals surface area contributed by atoms with Gasteiger partial charge in [-0.25, -0.2) is 0 Å². The van der Waals surface area contributed by atoms with Crippen LogP contribution in [0.25, 0.3) is 0 Å². The number of thiocarbonyl (C=S) groups is 1. The normalized spacial score (nSPS) is 13.3. The fourth-order valence-corrected chi connectivity index (χ4v) is 3.81. The molecule has 100 valence electrons. The van der Waals surface area contributed by atoms with Gasteiger partial charge in [0.05, 0.1) is 12.5 Å². The average molecular weight is 307 g/mol. The number of nitriles is 1. The first-order chi connectivity index (χ1) is 8.29. The molecule has 0 bridgehead atoms. The van der Waals surface area contributed by atoms with Crippen molar-refractivity contribution in [3.8, 4) is 6.07 Å². The molecule has 0 heterocycles. The summed E-state index contributed by atoms with van der Waals surface area (Å²) in [5.74, 6) is -1.51. The smallest absolute Gasteiger partial charge is 0.304 e. The summed E-state index contributed by atoms with van der Waals surface area (Å²) in [5, 5.41) is 26.1. The van der Waals surface area contributed by atoms with Crippen molar-refractivity contribution in [1.29, 1.82) is 5.26 Å². The second-order valence-electron chi connectivity index (χ2n) is 3.58. The summed E-state index contributed by atoms with van der Waals surface area (Å²) >= 11 is 7.35. The Bertz CT molecular complexity index is 380. The predicted octanol–water partition coefficient (Wildman–Crippen LogP) is 2.36. The van der Waals surface area contributed by atoms with Crippen molar-refractivity contribution in [2.24, 2.45) is 0 Å². The number of hydrogen-bond donors (Lipinski definition) is 2. The number of carboxylic acids is 2. The number of nitrogens with zero attached hydrogens (tertiary/aromatic N) is 1. The van der Waals surface area contributed by atoms with Gasteiger partial charge in [0.25, 0.3) is 0 Å². The van der Waals surface area contributed by atoms with Gasteiger partial charge >= 0.3 is 11.9 Å². The van der Waals surface area contributed by atoms with Gasteiger partial charge in [-0.1, -0.05) is 24.0 Å². The van der Waals surface area contributed by atoms with Crippen LogP contribution in [0.1, 0.15) is 26.2 Å². The second-order valence-corrected chi connectivity index (χ2v) is 7.38. The molecule has 0 aromatic rings. The Hall–Kier alpha value is -0.780. The van der Waals surface area contributed by atoms with Crippen LogP contribution in [0.4, 0.5) is 0 Å². The van der Waals surface area contributed by atoms with Crippen molar-refractivity contribution in [3.63, 3.8) is 0 Å². The molecule has 0 fully saturated rings. The number of thioether (sulfide) groups is 2. The number of carbonyl (C=O) groups is 2. The Morgan fingerprint density at radius 1 is 1.33 bits per heavy atom. The minimum absolute atomic E-state index is 0.00373. The average Bonchev–Trinajstić information content (AvgIpc) is 2.26. The number of rotatable bonds is 7. The summed E-state index contributed by atoms with van der Waals surface area (Å²) in [6.45, 7) is 1.63. The largest absolute Gasteiger partial charge is 0.481 e. The van der Waals surface area contributed by atoms with Gasteiger partial charge in [-0.05, 0) is 13.3 Å². The zero-order valence-electron chi connectivity index (χ0n) is 9.71. The predicted molar refractivity (Wildman–Crippen MR) is 75.8 cm³/mol. The number of carboxylic acid groups (broad SMARTS) is 2. The van der Waals surface area contributed by atoms with Crippen LogP contribution in [0.15, 0.2) is 0 Å². The van der Waals surface area contributed by atoms with E-state index < -0.39 is 16.7 Å². The van der Waals surface area contributed by atoms with Crippen LogP contribution in [-0.4, -0.2) is 36.2 Å². The highest BCUT2D eigenvalue weighted by atomic mass is 32.2. The van der Waals surface area contributed by atoms with E-state index in [-0.39, 0.29) is 19.3 Å². The molecule has 0 spiro atoms. The third-order valence-corrected chi connectivity index (χ3v) is 4.66. The molecule has 0 aliphatic carbocycles. The van der Waals surface area contributed by atoms with Gasteiger partial charge in [0.1, 0.15) is 8.28 Å². The van der Waals surface area contributed by atoms with Crippen LogP contribution in [-0.2, 0) is 9.59 Å². The van der Waals surface area contributed by atoms with Crippen molar-refractivity contribution < 1.29 is 19.8 Å². The molecular formula is C10H13NO4S3. The molecule has 18 heavy (non-hydrogen) atoms. The van der Waals surface area contributed by atoms with Gasteiger partial charge in [-0.3, -0.25) is 9.59 Å². The Labute approximate surface area is 119 Å². The topological polar surface area (TPSA) is 98.4 Å². The molecule has 1 unspecified atom stereocenters. The second kappa shape index (κ2) is 8.34. The molecule has 0 aromatic heterocycles. The lowest BCUT2D eigenvalue weighted by Gasteiger charge is -2.19. The van der Waals surface area contributed by atoms with E-state index in [1.807, 2.05) is 6.07 Å². The van der Waals surface area contributed by atoms with Crippen molar-refractivity contribution in [2.45, 2.75) is 30.9 Å². The van der Waals surface area contributed by atoms with Gasteiger partial charge in [0, 0.05) is 12.2 Å². The highest BCUT2D eigenvalue weighted by Gasteiger charge is 2.27. The van der Waals surface area contributed by atoms with Gasteiger partial charge in [0.15, 0.2) is 0 Å². The molecule has 0 amide bonds.